The van der Waals surface area contributed by atoms with E-state index in [1.165, 1.54) is 0 Å². The highest BCUT2D eigenvalue weighted by atomic mass is 16.2. The molecular weight excluding hydrogens is 302 g/mol. The molecule has 0 saturated heterocycles. The first-order valence-electron chi connectivity index (χ1n) is 8.17. The number of hydrogen-bond donors (Lipinski definition) is 1. The molecule has 2 amide bonds. The van der Waals surface area contributed by atoms with Crippen molar-refractivity contribution in [3.05, 3.63) is 35.4 Å². The number of nitriles is 1. The van der Waals surface area contributed by atoms with Crippen LogP contribution < -0.4 is 5.32 Å². The Bertz CT molecular complexity index is 607. The Morgan fingerprint density at radius 1 is 1.21 bits per heavy atom. The monoisotopic (exact) mass is 329 g/mol. The summed E-state index contributed by atoms with van der Waals surface area (Å²) in [7, 11) is 0. The van der Waals surface area contributed by atoms with Gasteiger partial charge in [0.1, 0.15) is 0 Å². The van der Waals surface area contributed by atoms with Gasteiger partial charge in [-0.15, -0.1) is 0 Å². The maximum Gasteiger partial charge on any atom is 0.242 e. The first-order valence-corrected chi connectivity index (χ1v) is 8.17. The first-order chi connectivity index (χ1) is 11.1. The predicted molar refractivity (Wildman–Crippen MR) is 93.9 cm³/mol. The van der Waals surface area contributed by atoms with Crippen molar-refractivity contribution in [1.29, 1.82) is 5.26 Å². The lowest BCUT2D eigenvalue weighted by Crippen LogP contribution is -2.43. The number of nitrogens with one attached hydrogen (secondary N) is 1. The predicted octanol–water partition coefficient (Wildman–Crippen LogP) is 2.85. The smallest absolute Gasteiger partial charge is 0.242 e. The van der Waals surface area contributed by atoms with Crippen molar-refractivity contribution in [3.8, 4) is 6.07 Å². The fourth-order valence-electron chi connectivity index (χ4n) is 2.26. The largest absolute Gasteiger partial charge is 0.347 e. The number of nitrogens with zero attached hydrogens (tertiary/aromatic N) is 2. The number of rotatable bonds is 6. The zero-order valence-electron chi connectivity index (χ0n) is 15.2. The van der Waals surface area contributed by atoms with Crippen molar-refractivity contribution in [2.45, 2.75) is 53.6 Å². The van der Waals surface area contributed by atoms with Crippen molar-refractivity contribution < 1.29 is 9.59 Å². The third-order valence-corrected chi connectivity index (χ3v) is 3.51. The standard InChI is InChI=1S/C19H27N3O2/c1-14(2)22(13-16-8-6-15(11-20)7-9-16)18(24)12-21-17(23)10-19(3,4)5/h6-9,14H,10,12-13H2,1-5H3,(H,21,23). The van der Waals surface area contributed by atoms with Gasteiger partial charge < -0.3 is 10.2 Å². The minimum absolute atomic E-state index is 0.00335. The fourth-order valence-corrected chi connectivity index (χ4v) is 2.26. The Morgan fingerprint density at radius 3 is 2.25 bits per heavy atom. The molecule has 130 valence electrons. The van der Waals surface area contributed by atoms with E-state index >= 15 is 0 Å². The van der Waals surface area contributed by atoms with Gasteiger partial charge in [0, 0.05) is 19.0 Å². The maximum absolute atomic E-state index is 12.4. The molecule has 0 unspecified atom stereocenters. The van der Waals surface area contributed by atoms with Crippen LogP contribution in [0.15, 0.2) is 24.3 Å². The van der Waals surface area contributed by atoms with Crippen molar-refractivity contribution in [2.24, 2.45) is 5.41 Å². The zero-order valence-corrected chi connectivity index (χ0v) is 15.2. The van der Waals surface area contributed by atoms with E-state index in [1.54, 1.807) is 17.0 Å². The van der Waals surface area contributed by atoms with Gasteiger partial charge in [0.2, 0.25) is 11.8 Å². The summed E-state index contributed by atoms with van der Waals surface area (Å²) < 4.78 is 0. The highest BCUT2D eigenvalue weighted by Crippen LogP contribution is 2.17. The Morgan fingerprint density at radius 2 is 1.79 bits per heavy atom. The summed E-state index contributed by atoms with van der Waals surface area (Å²) in [6.07, 6.45) is 0.386. The van der Waals surface area contributed by atoms with Crippen LogP contribution >= 0.6 is 0 Å². The molecule has 0 heterocycles. The summed E-state index contributed by atoms with van der Waals surface area (Å²) in [6, 6.07) is 9.27. The second-order valence-electron chi connectivity index (χ2n) is 7.44. The van der Waals surface area contributed by atoms with Gasteiger partial charge in [-0.2, -0.15) is 5.26 Å². The van der Waals surface area contributed by atoms with Crippen LogP contribution in [0.3, 0.4) is 0 Å². The number of benzene rings is 1. The molecule has 0 aliphatic heterocycles. The van der Waals surface area contributed by atoms with E-state index < -0.39 is 0 Å². The van der Waals surface area contributed by atoms with Crippen LogP contribution in [0.2, 0.25) is 0 Å². The summed E-state index contributed by atoms with van der Waals surface area (Å²) in [6.45, 7) is 10.3. The minimum atomic E-state index is -0.114. The minimum Gasteiger partial charge on any atom is -0.347 e. The van der Waals surface area contributed by atoms with Gasteiger partial charge in [0.05, 0.1) is 18.2 Å². The molecule has 0 bridgehead atoms. The highest BCUT2D eigenvalue weighted by Gasteiger charge is 2.20. The lowest BCUT2D eigenvalue weighted by molar-refractivity contribution is -0.135. The highest BCUT2D eigenvalue weighted by molar-refractivity contribution is 5.85. The Labute approximate surface area is 144 Å². The number of carbonyl (C=O) groups is 2. The van der Waals surface area contributed by atoms with E-state index in [0.29, 0.717) is 18.5 Å². The molecule has 1 rings (SSSR count). The van der Waals surface area contributed by atoms with Crippen LogP contribution in [-0.2, 0) is 16.1 Å². The second kappa shape index (κ2) is 8.49. The third-order valence-electron chi connectivity index (χ3n) is 3.51. The van der Waals surface area contributed by atoms with E-state index in [0.717, 1.165) is 5.56 Å². The molecule has 0 aliphatic rings. The van der Waals surface area contributed by atoms with Crippen molar-refractivity contribution in [1.82, 2.24) is 10.2 Å². The summed E-state index contributed by atoms with van der Waals surface area (Å²) in [5.41, 5.74) is 1.44. The molecule has 0 fully saturated rings. The fraction of sp³-hybridized carbons (Fsp3) is 0.526. The van der Waals surface area contributed by atoms with Crippen molar-refractivity contribution >= 4 is 11.8 Å². The summed E-state index contributed by atoms with van der Waals surface area (Å²) in [4.78, 5) is 26.0. The normalized spacial score (nSPS) is 11.0. The van der Waals surface area contributed by atoms with Crippen LogP contribution in [0.25, 0.3) is 0 Å². The van der Waals surface area contributed by atoms with Gasteiger partial charge >= 0.3 is 0 Å². The Kier molecular flexibility index (Phi) is 6.97. The molecule has 0 radical (unpaired) electrons. The molecule has 5 nitrogen and oxygen atoms in total. The van der Waals surface area contributed by atoms with Crippen molar-refractivity contribution in [3.63, 3.8) is 0 Å². The van der Waals surface area contributed by atoms with E-state index in [4.69, 9.17) is 5.26 Å². The van der Waals surface area contributed by atoms with Gasteiger partial charge in [-0.1, -0.05) is 32.9 Å². The maximum atomic E-state index is 12.4. The average molecular weight is 329 g/mol. The molecule has 0 saturated carbocycles. The third kappa shape index (κ3) is 6.82. The van der Waals surface area contributed by atoms with Crippen LogP contribution in [-0.4, -0.2) is 29.3 Å². The molecule has 5 heteroatoms. The van der Waals surface area contributed by atoms with Crippen LogP contribution in [0.5, 0.6) is 0 Å². The first kappa shape index (κ1) is 19.7. The van der Waals surface area contributed by atoms with Crippen LogP contribution in [0.4, 0.5) is 0 Å². The molecular formula is C19H27N3O2. The number of hydrogen-bond acceptors (Lipinski definition) is 3. The van der Waals surface area contributed by atoms with E-state index in [-0.39, 0.29) is 29.8 Å². The summed E-state index contributed by atoms with van der Waals surface area (Å²) in [5, 5.41) is 11.5. The quantitative estimate of drug-likeness (QED) is 0.872. The van der Waals surface area contributed by atoms with Gasteiger partial charge in [-0.05, 0) is 37.0 Å². The summed E-state index contributed by atoms with van der Waals surface area (Å²) >= 11 is 0. The lowest BCUT2D eigenvalue weighted by Gasteiger charge is -2.27. The molecule has 0 aliphatic carbocycles. The molecule has 0 aromatic heterocycles. The van der Waals surface area contributed by atoms with Crippen LogP contribution in [0.1, 0.15) is 52.2 Å². The zero-order chi connectivity index (χ0) is 18.3. The SMILES string of the molecule is CC(C)N(Cc1ccc(C#N)cc1)C(=O)CNC(=O)CC(C)(C)C. The molecule has 0 atom stereocenters. The number of carbonyl (C=O) groups excluding carboxylic acids is 2. The van der Waals surface area contributed by atoms with Gasteiger partial charge in [0.15, 0.2) is 0 Å². The van der Waals surface area contributed by atoms with Crippen molar-refractivity contribution in [2.75, 3.05) is 6.54 Å². The molecule has 24 heavy (non-hydrogen) atoms. The average Bonchev–Trinajstić information content (AvgIpc) is 2.49. The molecule has 1 aromatic carbocycles. The molecule has 1 aromatic rings. The van der Waals surface area contributed by atoms with Gasteiger partial charge in [-0.25, -0.2) is 0 Å². The molecule has 0 spiro atoms. The van der Waals surface area contributed by atoms with E-state index in [9.17, 15) is 9.59 Å². The van der Waals surface area contributed by atoms with Gasteiger partial charge in [0.25, 0.3) is 0 Å². The van der Waals surface area contributed by atoms with Crippen LogP contribution in [0, 0.1) is 16.7 Å². The second-order valence-corrected chi connectivity index (χ2v) is 7.44. The Hall–Kier alpha value is -2.35. The number of amides is 2. The lowest BCUT2D eigenvalue weighted by atomic mass is 9.92. The Balaban J connectivity index is 2.65. The van der Waals surface area contributed by atoms with E-state index in [2.05, 4.69) is 11.4 Å². The topological polar surface area (TPSA) is 73.2 Å². The molecule has 1 N–H and O–H groups in total. The van der Waals surface area contributed by atoms with E-state index in [1.807, 2.05) is 46.8 Å². The van der Waals surface area contributed by atoms with Gasteiger partial charge in [-0.3, -0.25) is 9.59 Å². The summed E-state index contributed by atoms with van der Waals surface area (Å²) in [5.74, 6) is -0.227.